The molecule has 0 aromatic rings. The van der Waals surface area contributed by atoms with Gasteiger partial charge in [0.05, 0.1) is 6.10 Å². The second-order valence-electron chi connectivity index (χ2n) is 4.02. The van der Waals surface area contributed by atoms with Crippen LogP contribution in [0.15, 0.2) is 0 Å². The lowest BCUT2D eigenvalue weighted by atomic mass is 9.89. The number of amides is 1. The number of ketones is 1. The van der Waals surface area contributed by atoms with Crippen LogP contribution in [0.25, 0.3) is 0 Å². The molecule has 1 fully saturated rings. The number of rotatable bonds is 6. The molecule has 1 N–H and O–H groups in total. The van der Waals surface area contributed by atoms with Gasteiger partial charge in [0.25, 0.3) is 0 Å². The van der Waals surface area contributed by atoms with E-state index in [1.165, 1.54) is 6.92 Å². The largest absolute Gasteiger partial charge is 0.378 e. The van der Waals surface area contributed by atoms with Crippen molar-refractivity contribution in [1.29, 1.82) is 0 Å². The summed E-state index contributed by atoms with van der Waals surface area (Å²) >= 11 is 0. The van der Waals surface area contributed by atoms with Gasteiger partial charge in [0.15, 0.2) is 0 Å². The minimum absolute atomic E-state index is 0.0230. The molecule has 0 saturated heterocycles. The molecule has 1 aliphatic rings. The zero-order valence-electron chi connectivity index (χ0n) is 9.41. The Morgan fingerprint density at radius 2 is 2.00 bits per heavy atom. The average molecular weight is 213 g/mol. The third-order valence-electron chi connectivity index (χ3n) is 2.57. The summed E-state index contributed by atoms with van der Waals surface area (Å²) in [4.78, 5) is 22.0. The first-order valence-electron chi connectivity index (χ1n) is 5.52. The number of nitrogens with one attached hydrogen (secondary N) is 1. The van der Waals surface area contributed by atoms with Crippen molar-refractivity contribution in [1.82, 2.24) is 5.32 Å². The standard InChI is InChI=1S/C11H19NO3/c1-3-15-10-6-9(7-10)12-11(14)5-4-8(2)13/h9-10H,3-7H2,1-2H3,(H,12,14). The monoisotopic (exact) mass is 213 g/mol. The molecule has 4 heteroatoms. The molecule has 0 atom stereocenters. The van der Waals surface area contributed by atoms with Crippen LogP contribution in [0.2, 0.25) is 0 Å². The summed E-state index contributed by atoms with van der Waals surface area (Å²) in [7, 11) is 0. The molecule has 1 amide bonds. The lowest BCUT2D eigenvalue weighted by Gasteiger charge is -2.35. The van der Waals surface area contributed by atoms with Gasteiger partial charge in [-0.2, -0.15) is 0 Å². The summed E-state index contributed by atoms with van der Waals surface area (Å²) in [6.07, 6.45) is 2.77. The minimum atomic E-state index is -0.0230. The molecular formula is C11H19NO3. The van der Waals surface area contributed by atoms with Crippen LogP contribution in [0.4, 0.5) is 0 Å². The fourth-order valence-corrected chi connectivity index (χ4v) is 1.64. The molecule has 0 heterocycles. The fourth-order valence-electron chi connectivity index (χ4n) is 1.64. The Balaban J connectivity index is 2.06. The van der Waals surface area contributed by atoms with Gasteiger partial charge in [0.1, 0.15) is 5.78 Å². The molecule has 1 saturated carbocycles. The Morgan fingerprint density at radius 3 is 2.53 bits per heavy atom. The number of hydrogen-bond donors (Lipinski definition) is 1. The van der Waals surface area contributed by atoms with Crippen LogP contribution in [-0.4, -0.2) is 30.4 Å². The van der Waals surface area contributed by atoms with Crippen LogP contribution in [0.1, 0.15) is 39.5 Å². The van der Waals surface area contributed by atoms with Gasteiger partial charge in [-0.3, -0.25) is 4.79 Å². The fraction of sp³-hybridized carbons (Fsp3) is 0.818. The predicted octanol–water partition coefficient (Wildman–Crippen LogP) is 1.04. The van der Waals surface area contributed by atoms with E-state index in [9.17, 15) is 9.59 Å². The lowest BCUT2D eigenvalue weighted by Crippen LogP contribution is -2.47. The summed E-state index contributed by atoms with van der Waals surface area (Å²) < 4.78 is 5.38. The summed E-state index contributed by atoms with van der Waals surface area (Å²) in [6.45, 7) is 4.20. The van der Waals surface area contributed by atoms with Crippen molar-refractivity contribution >= 4 is 11.7 Å². The molecule has 0 spiro atoms. The van der Waals surface area contributed by atoms with E-state index in [4.69, 9.17) is 4.74 Å². The van der Waals surface area contributed by atoms with Crippen molar-refractivity contribution in [2.45, 2.75) is 51.7 Å². The van der Waals surface area contributed by atoms with E-state index in [1.807, 2.05) is 6.92 Å². The number of ether oxygens (including phenoxy) is 1. The van der Waals surface area contributed by atoms with Gasteiger partial charge in [0.2, 0.25) is 5.91 Å². The molecule has 0 radical (unpaired) electrons. The van der Waals surface area contributed by atoms with Crippen molar-refractivity contribution in [3.8, 4) is 0 Å². The Kier molecular flexibility index (Phi) is 4.75. The molecule has 86 valence electrons. The van der Waals surface area contributed by atoms with E-state index in [1.54, 1.807) is 0 Å². The van der Waals surface area contributed by atoms with E-state index in [0.717, 1.165) is 19.4 Å². The SMILES string of the molecule is CCOC1CC(NC(=O)CCC(C)=O)C1. The second kappa shape index (κ2) is 5.85. The zero-order valence-corrected chi connectivity index (χ0v) is 9.41. The van der Waals surface area contributed by atoms with Gasteiger partial charge in [-0.15, -0.1) is 0 Å². The number of carbonyl (C=O) groups excluding carboxylic acids is 2. The van der Waals surface area contributed by atoms with Crippen molar-refractivity contribution in [3.63, 3.8) is 0 Å². The Morgan fingerprint density at radius 1 is 1.33 bits per heavy atom. The van der Waals surface area contributed by atoms with E-state index < -0.39 is 0 Å². The number of hydrogen-bond acceptors (Lipinski definition) is 3. The second-order valence-corrected chi connectivity index (χ2v) is 4.02. The van der Waals surface area contributed by atoms with Crippen LogP contribution in [0.3, 0.4) is 0 Å². The predicted molar refractivity (Wildman–Crippen MR) is 56.5 cm³/mol. The maximum Gasteiger partial charge on any atom is 0.220 e. The third kappa shape index (κ3) is 4.42. The van der Waals surface area contributed by atoms with Crippen LogP contribution in [-0.2, 0) is 14.3 Å². The van der Waals surface area contributed by atoms with Crippen LogP contribution in [0, 0.1) is 0 Å². The van der Waals surface area contributed by atoms with Crippen molar-refractivity contribution < 1.29 is 14.3 Å². The average Bonchev–Trinajstić information content (AvgIpc) is 2.11. The first kappa shape index (κ1) is 12.2. The van der Waals surface area contributed by atoms with Gasteiger partial charge in [-0.25, -0.2) is 0 Å². The zero-order chi connectivity index (χ0) is 11.3. The summed E-state index contributed by atoms with van der Waals surface area (Å²) in [5.41, 5.74) is 0. The Bertz CT molecular complexity index is 234. The molecule has 0 aromatic carbocycles. The summed E-state index contributed by atoms with van der Waals surface area (Å²) in [5, 5.41) is 2.89. The summed E-state index contributed by atoms with van der Waals surface area (Å²) in [6, 6.07) is 0.251. The van der Waals surface area contributed by atoms with Crippen molar-refractivity contribution in [3.05, 3.63) is 0 Å². The molecule has 1 rings (SSSR count). The van der Waals surface area contributed by atoms with Crippen LogP contribution >= 0.6 is 0 Å². The van der Waals surface area contributed by atoms with Gasteiger partial charge >= 0.3 is 0 Å². The highest BCUT2D eigenvalue weighted by Gasteiger charge is 2.30. The highest BCUT2D eigenvalue weighted by Crippen LogP contribution is 2.23. The van der Waals surface area contributed by atoms with Gasteiger partial charge in [0, 0.05) is 25.5 Å². The van der Waals surface area contributed by atoms with E-state index in [2.05, 4.69) is 5.32 Å². The normalized spacial score (nSPS) is 24.4. The van der Waals surface area contributed by atoms with Crippen LogP contribution in [0.5, 0.6) is 0 Å². The van der Waals surface area contributed by atoms with E-state index in [0.29, 0.717) is 18.9 Å². The van der Waals surface area contributed by atoms with Gasteiger partial charge in [-0.1, -0.05) is 0 Å². The highest BCUT2D eigenvalue weighted by molar-refractivity contribution is 5.83. The number of Topliss-reactive ketones (excluding diaryl/α,β-unsaturated/α-hetero) is 1. The third-order valence-corrected chi connectivity index (χ3v) is 2.57. The van der Waals surface area contributed by atoms with Crippen LogP contribution < -0.4 is 5.32 Å². The molecule has 0 unspecified atom stereocenters. The van der Waals surface area contributed by atoms with Gasteiger partial charge < -0.3 is 14.8 Å². The number of carbonyl (C=O) groups is 2. The molecule has 1 aliphatic carbocycles. The first-order chi connectivity index (χ1) is 7.11. The first-order valence-corrected chi connectivity index (χ1v) is 5.52. The molecular weight excluding hydrogens is 194 g/mol. The molecule has 15 heavy (non-hydrogen) atoms. The topological polar surface area (TPSA) is 55.4 Å². The maximum absolute atomic E-state index is 11.3. The minimum Gasteiger partial charge on any atom is -0.378 e. The molecule has 0 aromatic heterocycles. The smallest absolute Gasteiger partial charge is 0.220 e. The highest BCUT2D eigenvalue weighted by atomic mass is 16.5. The maximum atomic E-state index is 11.3. The Hall–Kier alpha value is -0.900. The van der Waals surface area contributed by atoms with Crippen molar-refractivity contribution in [2.24, 2.45) is 0 Å². The Labute approximate surface area is 90.4 Å². The van der Waals surface area contributed by atoms with E-state index >= 15 is 0 Å². The molecule has 0 aliphatic heterocycles. The van der Waals surface area contributed by atoms with E-state index in [-0.39, 0.29) is 17.7 Å². The quantitative estimate of drug-likeness (QED) is 0.717. The van der Waals surface area contributed by atoms with Gasteiger partial charge in [-0.05, 0) is 26.7 Å². The lowest BCUT2D eigenvalue weighted by molar-refractivity contribution is -0.126. The van der Waals surface area contributed by atoms with Crippen molar-refractivity contribution in [2.75, 3.05) is 6.61 Å². The summed E-state index contributed by atoms with van der Waals surface area (Å²) in [5.74, 6) is 0.0381. The molecule has 4 nitrogen and oxygen atoms in total. The molecule has 0 bridgehead atoms.